The van der Waals surface area contributed by atoms with Gasteiger partial charge in [-0.1, -0.05) is 6.07 Å². The number of benzene rings is 2. The molecular formula is C19H13F3N6O. The molecule has 0 fully saturated rings. The number of fused-ring (bicyclic) bond motifs is 4. The number of aromatic nitrogens is 2. The molecule has 1 aromatic heterocycles. The van der Waals surface area contributed by atoms with E-state index in [1.807, 2.05) is 0 Å². The maximum atomic E-state index is 13.5. The lowest BCUT2D eigenvalue weighted by Gasteiger charge is -2.28. The Morgan fingerprint density at radius 3 is 2.90 bits per heavy atom. The van der Waals surface area contributed by atoms with Crippen LogP contribution in [0.1, 0.15) is 21.5 Å². The summed E-state index contributed by atoms with van der Waals surface area (Å²) in [6.07, 6.45) is -3.06. The van der Waals surface area contributed by atoms with Crippen molar-refractivity contribution in [1.29, 1.82) is 0 Å². The van der Waals surface area contributed by atoms with Crippen LogP contribution in [0.5, 0.6) is 0 Å². The van der Waals surface area contributed by atoms with Crippen LogP contribution in [-0.4, -0.2) is 45.7 Å². The Kier molecular flexibility index (Phi) is 3.70. The first kappa shape index (κ1) is 17.4. The van der Waals surface area contributed by atoms with Crippen molar-refractivity contribution in [2.24, 2.45) is 9.98 Å². The predicted octanol–water partition coefficient (Wildman–Crippen LogP) is 3.08. The van der Waals surface area contributed by atoms with Crippen molar-refractivity contribution in [3.05, 3.63) is 59.4 Å². The summed E-state index contributed by atoms with van der Waals surface area (Å²) < 4.78 is 40.4. The summed E-state index contributed by atoms with van der Waals surface area (Å²) >= 11 is 0. The molecule has 2 aliphatic heterocycles. The molecule has 0 radical (unpaired) electrons. The fraction of sp³-hybridized carbons (Fsp3) is 0.158. The molecular weight excluding hydrogens is 385 g/mol. The van der Waals surface area contributed by atoms with Crippen LogP contribution in [0.25, 0.3) is 11.0 Å². The standard InChI is InChI=1S/C19H13F3N6O/c20-19(21,22)12-3-1-2-11-15(12)26-18(28-7-6-23-16(11)28)27-17(29)10-4-5-13-14(8-10)25-9-24-13/h1-5,8-9H,6-7H2,(H,24,25)(H,26,27,29). The van der Waals surface area contributed by atoms with Gasteiger partial charge in [0.25, 0.3) is 5.91 Å². The average Bonchev–Trinajstić information content (AvgIpc) is 3.35. The summed E-state index contributed by atoms with van der Waals surface area (Å²) in [5, 5.41) is 2.63. The molecule has 0 aliphatic carbocycles. The number of nitrogens with one attached hydrogen (secondary N) is 2. The molecule has 29 heavy (non-hydrogen) atoms. The number of H-pyrrole nitrogens is 1. The van der Waals surface area contributed by atoms with E-state index in [2.05, 4.69) is 25.3 Å². The predicted molar refractivity (Wildman–Crippen MR) is 100 cm³/mol. The van der Waals surface area contributed by atoms with E-state index in [9.17, 15) is 18.0 Å². The monoisotopic (exact) mass is 398 g/mol. The van der Waals surface area contributed by atoms with E-state index in [1.165, 1.54) is 12.4 Å². The Balaban J connectivity index is 1.55. The normalized spacial score (nSPS) is 15.6. The van der Waals surface area contributed by atoms with Crippen LogP contribution in [0.4, 0.5) is 18.9 Å². The first-order valence-corrected chi connectivity index (χ1v) is 8.77. The largest absolute Gasteiger partial charge is 0.418 e. The van der Waals surface area contributed by atoms with E-state index in [-0.39, 0.29) is 11.6 Å². The minimum atomic E-state index is -4.57. The van der Waals surface area contributed by atoms with Gasteiger partial charge in [-0.05, 0) is 30.3 Å². The fourth-order valence-electron chi connectivity index (χ4n) is 3.47. The number of rotatable bonds is 1. The molecule has 2 aliphatic rings. The van der Waals surface area contributed by atoms with Crippen LogP contribution in [0.2, 0.25) is 0 Å². The number of nitrogens with zero attached hydrogens (tertiary/aromatic N) is 4. The van der Waals surface area contributed by atoms with Gasteiger partial charge in [-0.15, -0.1) is 0 Å². The van der Waals surface area contributed by atoms with Crippen molar-refractivity contribution in [3.63, 3.8) is 0 Å². The number of para-hydroxylation sites is 1. The molecule has 3 aromatic rings. The summed E-state index contributed by atoms with van der Waals surface area (Å²) in [5.41, 5.74) is 0.891. The molecule has 0 atom stereocenters. The lowest BCUT2D eigenvalue weighted by Crippen LogP contribution is -2.47. The molecule has 5 rings (SSSR count). The molecule has 2 N–H and O–H groups in total. The number of hydrogen-bond acceptors (Lipinski definition) is 5. The molecule has 1 amide bonds. The second-order valence-corrected chi connectivity index (χ2v) is 6.58. The number of halogens is 3. The highest BCUT2D eigenvalue weighted by Crippen LogP contribution is 2.40. The highest BCUT2D eigenvalue weighted by molar-refractivity contribution is 6.19. The zero-order valence-electron chi connectivity index (χ0n) is 14.8. The fourth-order valence-corrected chi connectivity index (χ4v) is 3.47. The molecule has 0 saturated heterocycles. The number of carbonyl (C=O) groups excluding carboxylic acids is 1. The van der Waals surface area contributed by atoms with Gasteiger partial charge in [0.1, 0.15) is 5.84 Å². The minimum absolute atomic E-state index is 0.0255. The SMILES string of the molecule is O=C(NC1=Nc2c(cccc2C(F)(F)F)C2=NCCN12)c1ccc2[nH]cnc2c1. The number of imidazole rings is 1. The van der Waals surface area contributed by atoms with E-state index >= 15 is 0 Å². The van der Waals surface area contributed by atoms with Crippen LogP contribution in [-0.2, 0) is 6.18 Å². The van der Waals surface area contributed by atoms with Crippen molar-refractivity contribution >= 4 is 34.4 Å². The maximum Gasteiger partial charge on any atom is 0.418 e. The topological polar surface area (TPSA) is 85.7 Å². The van der Waals surface area contributed by atoms with Gasteiger partial charge in [0.2, 0.25) is 5.96 Å². The van der Waals surface area contributed by atoms with Crippen molar-refractivity contribution < 1.29 is 18.0 Å². The van der Waals surface area contributed by atoms with Gasteiger partial charge in [0.15, 0.2) is 0 Å². The number of hydrogen-bond donors (Lipinski definition) is 2. The van der Waals surface area contributed by atoms with Crippen LogP contribution < -0.4 is 5.32 Å². The Bertz CT molecular complexity index is 1210. The van der Waals surface area contributed by atoms with Crippen molar-refractivity contribution in [1.82, 2.24) is 20.2 Å². The molecule has 10 heteroatoms. The van der Waals surface area contributed by atoms with Gasteiger partial charge in [-0.2, -0.15) is 13.2 Å². The van der Waals surface area contributed by atoms with Gasteiger partial charge in [-0.3, -0.25) is 20.0 Å². The van der Waals surface area contributed by atoms with E-state index in [1.54, 1.807) is 29.2 Å². The van der Waals surface area contributed by atoms with E-state index < -0.39 is 17.6 Å². The van der Waals surface area contributed by atoms with Crippen LogP contribution >= 0.6 is 0 Å². The first-order valence-electron chi connectivity index (χ1n) is 8.77. The number of guanidine groups is 1. The van der Waals surface area contributed by atoms with Crippen molar-refractivity contribution in [3.8, 4) is 0 Å². The van der Waals surface area contributed by atoms with E-state index in [0.717, 1.165) is 11.6 Å². The molecule has 0 unspecified atom stereocenters. The number of aliphatic imine (C=N–C) groups is 2. The van der Waals surface area contributed by atoms with Crippen molar-refractivity contribution in [2.45, 2.75) is 6.18 Å². The summed E-state index contributed by atoms with van der Waals surface area (Å²) in [4.78, 5) is 29.9. The summed E-state index contributed by atoms with van der Waals surface area (Å²) in [6.45, 7) is 0.821. The van der Waals surface area contributed by atoms with Crippen LogP contribution in [0.3, 0.4) is 0 Å². The summed E-state index contributed by atoms with van der Waals surface area (Å²) in [7, 11) is 0. The van der Waals surface area contributed by atoms with Crippen LogP contribution in [0, 0.1) is 0 Å². The quantitative estimate of drug-likeness (QED) is 0.661. The number of amidine groups is 1. The maximum absolute atomic E-state index is 13.5. The third kappa shape index (κ3) is 2.84. The number of carbonyl (C=O) groups is 1. The van der Waals surface area contributed by atoms with E-state index in [4.69, 9.17) is 0 Å². The summed E-state index contributed by atoms with van der Waals surface area (Å²) in [5.74, 6) is -0.0930. The highest BCUT2D eigenvalue weighted by Gasteiger charge is 2.39. The second-order valence-electron chi connectivity index (χ2n) is 6.58. The highest BCUT2D eigenvalue weighted by atomic mass is 19.4. The Hall–Kier alpha value is -3.69. The lowest BCUT2D eigenvalue weighted by atomic mass is 10.0. The molecule has 0 spiro atoms. The van der Waals surface area contributed by atoms with Gasteiger partial charge in [-0.25, -0.2) is 9.98 Å². The first-order chi connectivity index (χ1) is 13.9. The zero-order chi connectivity index (χ0) is 20.2. The van der Waals surface area contributed by atoms with Crippen LogP contribution in [0.15, 0.2) is 52.7 Å². The second kappa shape index (κ2) is 6.16. The van der Waals surface area contributed by atoms with Gasteiger partial charge in [0.05, 0.1) is 35.2 Å². The number of amides is 1. The molecule has 0 saturated carbocycles. The zero-order valence-corrected chi connectivity index (χ0v) is 14.8. The van der Waals surface area contributed by atoms with E-state index in [0.29, 0.717) is 35.6 Å². The Morgan fingerprint density at radius 1 is 1.21 bits per heavy atom. The van der Waals surface area contributed by atoms with Gasteiger partial charge < -0.3 is 4.98 Å². The summed E-state index contributed by atoms with van der Waals surface area (Å²) in [6, 6.07) is 8.76. The van der Waals surface area contributed by atoms with Crippen molar-refractivity contribution in [2.75, 3.05) is 13.1 Å². The molecule has 0 bridgehead atoms. The number of aromatic amines is 1. The molecule has 146 valence electrons. The molecule has 3 heterocycles. The Morgan fingerprint density at radius 2 is 2.07 bits per heavy atom. The Labute approximate surface area is 162 Å². The third-order valence-corrected chi connectivity index (χ3v) is 4.81. The lowest BCUT2D eigenvalue weighted by molar-refractivity contribution is -0.137. The minimum Gasteiger partial charge on any atom is -0.345 e. The average molecular weight is 398 g/mol. The molecule has 2 aromatic carbocycles. The van der Waals surface area contributed by atoms with Gasteiger partial charge >= 0.3 is 6.18 Å². The van der Waals surface area contributed by atoms with Gasteiger partial charge in [0, 0.05) is 17.7 Å². The smallest absolute Gasteiger partial charge is 0.345 e. The number of alkyl halides is 3. The molecule has 7 nitrogen and oxygen atoms in total. The third-order valence-electron chi connectivity index (χ3n) is 4.81.